The quantitative estimate of drug-likeness (QED) is 0.832. The van der Waals surface area contributed by atoms with E-state index in [2.05, 4.69) is 0 Å². The molecule has 0 spiro atoms. The number of carboxylic acid groups (broad SMARTS) is 1. The van der Waals surface area contributed by atoms with Crippen molar-refractivity contribution in [2.24, 2.45) is 5.92 Å². The van der Waals surface area contributed by atoms with Crippen LogP contribution in [-0.2, 0) is 4.79 Å². The first-order valence-corrected chi connectivity index (χ1v) is 5.08. The molecule has 4 heteroatoms. The largest absolute Gasteiger partial charge is 0.497 e. The molecule has 0 amide bonds. The molecule has 1 atom stereocenters. The van der Waals surface area contributed by atoms with E-state index >= 15 is 0 Å². The normalized spacial score (nSPS) is 12.2. The Hall–Kier alpha value is -1.71. The lowest BCUT2D eigenvalue weighted by atomic mass is 10.1. The molecule has 1 N–H and O–H groups in total. The van der Waals surface area contributed by atoms with Crippen molar-refractivity contribution in [2.45, 2.75) is 20.0 Å². The summed E-state index contributed by atoms with van der Waals surface area (Å²) < 4.78 is 10.4. The molecule has 0 aliphatic rings. The molecule has 0 aliphatic heterocycles. The van der Waals surface area contributed by atoms with Gasteiger partial charge in [0.05, 0.1) is 7.11 Å². The summed E-state index contributed by atoms with van der Waals surface area (Å²) in [6.07, 6.45) is -0.841. The van der Waals surface area contributed by atoms with Gasteiger partial charge in [0.25, 0.3) is 0 Å². The van der Waals surface area contributed by atoms with Crippen molar-refractivity contribution in [1.29, 1.82) is 0 Å². The molecule has 88 valence electrons. The molecule has 4 nitrogen and oxygen atoms in total. The summed E-state index contributed by atoms with van der Waals surface area (Å²) in [6, 6.07) is 6.91. The van der Waals surface area contributed by atoms with Crippen LogP contribution in [-0.4, -0.2) is 24.3 Å². The minimum atomic E-state index is -0.960. The molecule has 1 aromatic rings. The summed E-state index contributed by atoms with van der Waals surface area (Å²) in [5, 5.41) is 8.98. The molecule has 0 fully saturated rings. The van der Waals surface area contributed by atoms with Gasteiger partial charge in [-0.15, -0.1) is 0 Å². The number of hydrogen-bond donors (Lipinski definition) is 1. The summed E-state index contributed by atoms with van der Waals surface area (Å²) in [4.78, 5) is 10.9. The Morgan fingerprint density at radius 1 is 1.31 bits per heavy atom. The van der Waals surface area contributed by atoms with E-state index in [-0.39, 0.29) is 5.92 Å². The van der Waals surface area contributed by atoms with Crippen LogP contribution in [0.3, 0.4) is 0 Å². The van der Waals surface area contributed by atoms with Crippen molar-refractivity contribution in [3.05, 3.63) is 24.3 Å². The highest BCUT2D eigenvalue weighted by molar-refractivity contribution is 5.73. The predicted molar refractivity (Wildman–Crippen MR) is 59.9 cm³/mol. The molecule has 1 unspecified atom stereocenters. The monoisotopic (exact) mass is 224 g/mol. The molecule has 0 saturated heterocycles. The maximum absolute atomic E-state index is 10.9. The van der Waals surface area contributed by atoms with Gasteiger partial charge in [0.15, 0.2) is 6.10 Å². The maximum Gasteiger partial charge on any atom is 0.345 e. The second-order valence-corrected chi connectivity index (χ2v) is 3.80. The summed E-state index contributed by atoms with van der Waals surface area (Å²) in [5.74, 6) is 0.0902. The Morgan fingerprint density at radius 2 is 1.94 bits per heavy atom. The molecule has 0 radical (unpaired) electrons. The molecule has 16 heavy (non-hydrogen) atoms. The van der Waals surface area contributed by atoms with Gasteiger partial charge in [-0.25, -0.2) is 4.79 Å². The molecular weight excluding hydrogens is 208 g/mol. The minimum absolute atomic E-state index is 0.0938. The fourth-order valence-electron chi connectivity index (χ4n) is 1.29. The Labute approximate surface area is 94.8 Å². The first-order valence-electron chi connectivity index (χ1n) is 5.08. The molecule has 1 rings (SSSR count). The fraction of sp³-hybridized carbons (Fsp3) is 0.417. The van der Waals surface area contributed by atoms with E-state index in [0.29, 0.717) is 11.5 Å². The van der Waals surface area contributed by atoms with E-state index in [9.17, 15) is 4.79 Å². The fourth-order valence-corrected chi connectivity index (χ4v) is 1.29. The molecule has 0 saturated carbocycles. The number of hydrogen-bond acceptors (Lipinski definition) is 3. The average molecular weight is 224 g/mol. The highest BCUT2D eigenvalue weighted by Crippen LogP contribution is 2.21. The lowest BCUT2D eigenvalue weighted by molar-refractivity contribution is -0.147. The van der Waals surface area contributed by atoms with E-state index in [1.54, 1.807) is 45.2 Å². The van der Waals surface area contributed by atoms with Crippen LogP contribution >= 0.6 is 0 Å². The van der Waals surface area contributed by atoms with Gasteiger partial charge in [0.2, 0.25) is 0 Å². The van der Waals surface area contributed by atoms with Crippen molar-refractivity contribution >= 4 is 5.97 Å². The van der Waals surface area contributed by atoms with Crippen LogP contribution in [0.5, 0.6) is 11.5 Å². The standard InChI is InChI=1S/C12H16O4/c1-8(2)11(12(13)14)16-10-6-4-5-9(7-10)15-3/h4-8,11H,1-3H3,(H,13,14). The van der Waals surface area contributed by atoms with Crippen LogP contribution in [0.4, 0.5) is 0 Å². The lowest BCUT2D eigenvalue weighted by Crippen LogP contribution is -2.32. The Balaban J connectivity index is 2.81. The second kappa shape index (κ2) is 5.39. The smallest absolute Gasteiger partial charge is 0.345 e. The lowest BCUT2D eigenvalue weighted by Gasteiger charge is -2.18. The SMILES string of the molecule is COc1cccc(OC(C(=O)O)C(C)C)c1. The van der Waals surface area contributed by atoms with Crippen molar-refractivity contribution in [3.8, 4) is 11.5 Å². The van der Waals surface area contributed by atoms with Crippen molar-refractivity contribution in [3.63, 3.8) is 0 Å². The zero-order chi connectivity index (χ0) is 12.1. The maximum atomic E-state index is 10.9. The van der Waals surface area contributed by atoms with Crippen LogP contribution in [0, 0.1) is 5.92 Å². The highest BCUT2D eigenvalue weighted by Gasteiger charge is 2.23. The first-order chi connectivity index (χ1) is 7.54. The highest BCUT2D eigenvalue weighted by atomic mass is 16.5. The molecule has 0 bridgehead atoms. The zero-order valence-corrected chi connectivity index (χ0v) is 9.64. The topological polar surface area (TPSA) is 55.8 Å². The van der Waals surface area contributed by atoms with Crippen molar-refractivity contribution in [2.75, 3.05) is 7.11 Å². The third-order valence-corrected chi connectivity index (χ3v) is 2.15. The molecule has 0 aliphatic carbocycles. The number of benzene rings is 1. The van der Waals surface area contributed by atoms with Gasteiger partial charge in [-0.2, -0.15) is 0 Å². The van der Waals surface area contributed by atoms with Crippen LogP contribution in [0.15, 0.2) is 24.3 Å². The Morgan fingerprint density at radius 3 is 2.44 bits per heavy atom. The number of carboxylic acids is 1. The van der Waals surface area contributed by atoms with Crippen LogP contribution < -0.4 is 9.47 Å². The van der Waals surface area contributed by atoms with Gasteiger partial charge in [-0.1, -0.05) is 19.9 Å². The van der Waals surface area contributed by atoms with Crippen molar-refractivity contribution in [1.82, 2.24) is 0 Å². The van der Waals surface area contributed by atoms with E-state index in [1.165, 1.54) is 0 Å². The van der Waals surface area contributed by atoms with E-state index in [1.807, 2.05) is 0 Å². The van der Waals surface area contributed by atoms with Gasteiger partial charge in [0, 0.05) is 12.0 Å². The van der Waals surface area contributed by atoms with E-state index < -0.39 is 12.1 Å². The Kier molecular flexibility index (Phi) is 4.17. The molecule has 0 aromatic heterocycles. The molecule has 1 aromatic carbocycles. The van der Waals surface area contributed by atoms with Gasteiger partial charge in [-0.3, -0.25) is 0 Å². The van der Waals surface area contributed by atoms with Crippen LogP contribution in [0.2, 0.25) is 0 Å². The number of aliphatic carboxylic acids is 1. The second-order valence-electron chi connectivity index (χ2n) is 3.80. The summed E-state index contributed by atoms with van der Waals surface area (Å²) in [7, 11) is 1.55. The summed E-state index contributed by atoms with van der Waals surface area (Å²) in [6.45, 7) is 3.61. The third kappa shape index (κ3) is 3.15. The summed E-state index contributed by atoms with van der Waals surface area (Å²) >= 11 is 0. The van der Waals surface area contributed by atoms with Crippen molar-refractivity contribution < 1.29 is 19.4 Å². The van der Waals surface area contributed by atoms with Crippen LogP contribution in [0.1, 0.15) is 13.8 Å². The average Bonchev–Trinajstić information content (AvgIpc) is 2.25. The first kappa shape index (κ1) is 12.4. The number of carbonyl (C=O) groups is 1. The molecular formula is C12H16O4. The minimum Gasteiger partial charge on any atom is -0.497 e. The van der Waals surface area contributed by atoms with Crippen LogP contribution in [0.25, 0.3) is 0 Å². The number of ether oxygens (including phenoxy) is 2. The third-order valence-electron chi connectivity index (χ3n) is 2.15. The van der Waals surface area contributed by atoms with Gasteiger partial charge >= 0.3 is 5.97 Å². The predicted octanol–water partition coefficient (Wildman–Crippen LogP) is 2.18. The van der Waals surface area contributed by atoms with Gasteiger partial charge in [0.1, 0.15) is 11.5 Å². The van der Waals surface area contributed by atoms with E-state index in [0.717, 1.165) is 0 Å². The van der Waals surface area contributed by atoms with E-state index in [4.69, 9.17) is 14.6 Å². The van der Waals surface area contributed by atoms with Gasteiger partial charge in [-0.05, 0) is 12.1 Å². The summed E-state index contributed by atoms with van der Waals surface area (Å²) in [5.41, 5.74) is 0. The van der Waals surface area contributed by atoms with Gasteiger partial charge < -0.3 is 14.6 Å². The Bertz CT molecular complexity index is 360. The number of rotatable bonds is 5. The number of methoxy groups -OCH3 is 1. The zero-order valence-electron chi connectivity index (χ0n) is 9.64. The molecule has 0 heterocycles.